The minimum Gasteiger partial charge on any atom is -0.481 e. The molecule has 0 radical (unpaired) electrons. The molecule has 1 fully saturated rings. The predicted octanol–water partition coefficient (Wildman–Crippen LogP) is -0.346. The normalized spacial score (nSPS) is 21.9. The zero-order valence-corrected chi connectivity index (χ0v) is 11.3. The highest BCUT2D eigenvalue weighted by atomic mass is 32.2. The van der Waals surface area contributed by atoms with Crippen molar-refractivity contribution in [3.05, 3.63) is 0 Å². The maximum Gasteiger partial charge on any atom is 0.307 e. The van der Waals surface area contributed by atoms with Gasteiger partial charge in [-0.05, 0) is 19.8 Å². The maximum atomic E-state index is 11.9. The summed E-state index contributed by atoms with van der Waals surface area (Å²) in [5.41, 5.74) is 0. The van der Waals surface area contributed by atoms with E-state index in [1.165, 1.54) is 4.31 Å². The third-order valence-electron chi connectivity index (χ3n) is 2.81. The smallest absolute Gasteiger partial charge is 0.307 e. The van der Waals surface area contributed by atoms with Gasteiger partial charge in [0.1, 0.15) is 0 Å². The van der Waals surface area contributed by atoms with E-state index in [1.807, 2.05) is 6.92 Å². The number of carboxylic acid groups (broad SMARTS) is 1. The topological polar surface area (TPSA) is 95.9 Å². The van der Waals surface area contributed by atoms with Gasteiger partial charge in [-0.3, -0.25) is 4.79 Å². The van der Waals surface area contributed by atoms with E-state index in [4.69, 9.17) is 9.84 Å². The molecule has 2 N–H and O–H groups in total. The maximum absolute atomic E-state index is 11.9. The van der Waals surface area contributed by atoms with Crippen LogP contribution in [0.3, 0.4) is 0 Å². The molecule has 106 valence electrons. The van der Waals surface area contributed by atoms with Crippen LogP contribution in [0.1, 0.15) is 19.8 Å². The minimum absolute atomic E-state index is 0.0410. The summed E-state index contributed by atoms with van der Waals surface area (Å²) in [5.74, 6) is -1.55. The summed E-state index contributed by atoms with van der Waals surface area (Å²) in [6.07, 6.45) is 1.10. The number of carboxylic acids is 1. The Morgan fingerprint density at radius 2 is 2.28 bits per heavy atom. The van der Waals surface area contributed by atoms with E-state index in [0.717, 1.165) is 0 Å². The molecule has 8 heteroatoms. The van der Waals surface area contributed by atoms with Crippen molar-refractivity contribution in [1.82, 2.24) is 9.03 Å². The highest BCUT2D eigenvalue weighted by molar-refractivity contribution is 7.87. The molecule has 1 atom stereocenters. The number of nitrogens with one attached hydrogen (secondary N) is 1. The lowest BCUT2D eigenvalue weighted by atomic mass is 10.0. The van der Waals surface area contributed by atoms with Gasteiger partial charge in [0, 0.05) is 26.2 Å². The van der Waals surface area contributed by atoms with Crippen molar-refractivity contribution >= 4 is 16.2 Å². The molecular weight excluding hydrogens is 260 g/mol. The quantitative estimate of drug-likeness (QED) is 0.622. The summed E-state index contributed by atoms with van der Waals surface area (Å²) in [6.45, 7) is 3.28. The number of rotatable bonds is 7. The van der Waals surface area contributed by atoms with E-state index < -0.39 is 22.1 Å². The molecule has 1 aliphatic heterocycles. The zero-order chi connectivity index (χ0) is 13.6. The summed E-state index contributed by atoms with van der Waals surface area (Å²) in [5, 5.41) is 8.91. The van der Waals surface area contributed by atoms with Crippen LogP contribution in [0.4, 0.5) is 0 Å². The van der Waals surface area contributed by atoms with Crippen LogP contribution in [-0.4, -0.2) is 56.6 Å². The Bertz CT molecular complexity index is 370. The van der Waals surface area contributed by atoms with Crippen LogP contribution in [0.25, 0.3) is 0 Å². The van der Waals surface area contributed by atoms with E-state index in [-0.39, 0.29) is 13.1 Å². The molecule has 7 nitrogen and oxygen atoms in total. The molecule has 0 bridgehead atoms. The van der Waals surface area contributed by atoms with E-state index in [2.05, 4.69) is 4.72 Å². The van der Waals surface area contributed by atoms with Crippen LogP contribution in [0, 0.1) is 5.92 Å². The number of ether oxygens (including phenoxy) is 1. The second-order valence-corrected chi connectivity index (χ2v) is 5.89. The number of hydrogen-bond donors (Lipinski definition) is 2. The molecule has 0 aromatic carbocycles. The number of aliphatic carboxylic acids is 1. The number of piperidine rings is 1. The molecule has 1 heterocycles. The third-order valence-corrected chi connectivity index (χ3v) is 4.39. The fraction of sp³-hybridized carbons (Fsp3) is 0.900. The predicted molar refractivity (Wildman–Crippen MR) is 65.3 cm³/mol. The Morgan fingerprint density at radius 3 is 2.89 bits per heavy atom. The van der Waals surface area contributed by atoms with Gasteiger partial charge in [0.15, 0.2) is 0 Å². The Balaban J connectivity index is 2.48. The molecular formula is C10H20N2O5S. The van der Waals surface area contributed by atoms with Gasteiger partial charge in [0.25, 0.3) is 10.2 Å². The largest absolute Gasteiger partial charge is 0.481 e. The van der Waals surface area contributed by atoms with Gasteiger partial charge in [0.05, 0.1) is 12.5 Å². The number of nitrogens with zero attached hydrogens (tertiary/aromatic N) is 1. The van der Waals surface area contributed by atoms with Crippen LogP contribution < -0.4 is 4.72 Å². The van der Waals surface area contributed by atoms with Crippen molar-refractivity contribution in [2.24, 2.45) is 5.92 Å². The SMILES string of the molecule is CCOCCNS(=O)(=O)N1CCCC(C(=O)O)C1. The molecule has 0 aromatic heterocycles. The van der Waals surface area contributed by atoms with Crippen LogP contribution in [-0.2, 0) is 19.7 Å². The first-order chi connectivity index (χ1) is 8.47. The second kappa shape index (κ2) is 7.03. The first kappa shape index (κ1) is 15.4. The summed E-state index contributed by atoms with van der Waals surface area (Å²) in [7, 11) is -3.59. The minimum atomic E-state index is -3.59. The molecule has 0 saturated carbocycles. The van der Waals surface area contributed by atoms with Crippen molar-refractivity contribution in [3.63, 3.8) is 0 Å². The van der Waals surface area contributed by atoms with E-state index >= 15 is 0 Å². The first-order valence-corrected chi connectivity index (χ1v) is 7.46. The fourth-order valence-electron chi connectivity index (χ4n) is 1.84. The second-order valence-electron chi connectivity index (χ2n) is 4.13. The Labute approximate surface area is 107 Å². The Hall–Kier alpha value is -0.700. The standard InChI is InChI=1S/C10H20N2O5S/c1-2-17-7-5-11-18(15,16)12-6-3-4-9(8-12)10(13)14/h9,11H,2-8H2,1H3,(H,13,14). The van der Waals surface area contributed by atoms with Crippen molar-refractivity contribution in [1.29, 1.82) is 0 Å². The molecule has 18 heavy (non-hydrogen) atoms. The highest BCUT2D eigenvalue weighted by Gasteiger charge is 2.31. The lowest BCUT2D eigenvalue weighted by Crippen LogP contribution is -2.48. The summed E-state index contributed by atoms with van der Waals surface area (Å²) in [6, 6.07) is 0. The average molecular weight is 280 g/mol. The van der Waals surface area contributed by atoms with Gasteiger partial charge in [-0.25, -0.2) is 0 Å². The van der Waals surface area contributed by atoms with E-state index in [1.54, 1.807) is 0 Å². The molecule has 1 saturated heterocycles. The number of carbonyl (C=O) groups is 1. The fourth-order valence-corrected chi connectivity index (χ4v) is 3.11. The summed E-state index contributed by atoms with van der Waals surface area (Å²) in [4.78, 5) is 10.9. The lowest BCUT2D eigenvalue weighted by Gasteiger charge is -2.29. The highest BCUT2D eigenvalue weighted by Crippen LogP contribution is 2.18. The van der Waals surface area contributed by atoms with Gasteiger partial charge in [0.2, 0.25) is 0 Å². The molecule has 1 rings (SSSR count). The van der Waals surface area contributed by atoms with E-state index in [0.29, 0.717) is 32.6 Å². The summed E-state index contributed by atoms with van der Waals surface area (Å²) < 4.78 is 32.4. The third kappa shape index (κ3) is 4.52. The molecule has 0 amide bonds. The van der Waals surface area contributed by atoms with Gasteiger partial charge in [-0.2, -0.15) is 17.4 Å². The van der Waals surface area contributed by atoms with Crippen molar-refractivity contribution < 1.29 is 23.1 Å². The zero-order valence-electron chi connectivity index (χ0n) is 10.5. The van der Waals surface area contributed by atoms with Crippen LogP contribution in [0.2, 0.25) is 0 Å². The van der Waals surface area contributed by atoms with Gasteiger partial charge in [-0.15, -0.1) is 0 Å². The van der Waals surface area contributed by atoms with Crippen LogP contribution in [0.5, 0.6) is 0 Å². The first-order valence-electron chi connectivity index (χ1n) is 6.02. The molecule has 0 aliphatic carbocycles. The van der Waals surface area contributed by atoms with E-state index in [9.17, 15) is 13.2 Å². The Kier molecular flexibility index (Phi) is 6.00. The molecule has 0 spiro atoms. The lowest BCUT2D eigenvalue weighted by molar-refractivity contribution is -0.142. The molecule has 1 aliphatic rings. The van der Waals surface area contributed by atoms with Gasteiger partial charge < -0.3 is 9.84 Å². The van der Waals surface area contributed by atoms with Crippen LogP contribution in [0.15, 0.2) is 0 Å². The number of hydrogen-bond acceptors (Lipinski definition) is 4. The van der Waals surface area contributed by atoms with Crippen molar-refractivity contribution in [3.8, 4) is 0 Å². The van der Waals surface area contributed by atoms with Gasteiger partial charge >= 0.3 is 5.97 Å². The van der Waals surface area contributed by atoms with Crippen LogP contribution >= 0.6 is 0 Å². The van der Waals surface area contributed by atoms with Crippen molar-refractivity contribution in [2.75, 3.05) is 32.8 Å². The van der Waals surface area contributed by atoms with Crippen molar-refractivity contribution in [2.45, 2.75) is 19.8 Å². The Morgan fingerprint density at radius 1 is 1.56 bits per heavy atom. The van der Waals surface area contributed by atoms with Gasteiger partial charge in [-0.1, -0.05) is 0 Å². The summed E-state index contributed by atoms with van der Waals surface area (Å²) >= 11 is 0. The average Bonchev–Trinajstić information content (AvgIpc) is 2.35. The molecule has 1 unspecified atom stereocenters. The monoisotopic (exact) mass is 280 g/mol. The molecule has 0 aromatic rings.